The fraction of sp³-hybridized carbons (Fsp3) is 0.333. The molecule has 0 saturated carbocycles. The van der Waals surface area contributed by atoms with Crippen LogP contribution in [-0.4, -0.2) is 24.6 Å². The number of urea groups is 1. The van der Waals surface area contributed by atoms with Crippen LogP contribution in [0.5, 0.6) is 5.75 Å². The predicted octanol–water partition coefficient (Wildman–Crippen LogP) is 0.882. The number of nitrogens with one attached hydrogen (secondary N) is 2. The van der Waals surface area contributed by atoms with Gasteiger partial charge in [0.15, 0.2) is 6.10 Å². The largest absolute Gasteiger partial charge is 0.479 e. The second kappa shape index (κ2) is 6.48. The Kier molecular flexibility index (Phi) is 4.98. The number of anilines is 1. The molecule has 0 bridgehead atoms. The number of rotatable bonds is 4. The molecule has 0 aliphatic rings. The maximum Gasteiger partial charge on any atom is 0.321 e. The Morgan fingerprint density at radius 3 is 2.67 bits per heavy atom. The summed E-state index contributed by atoms with van der Waals surface area (Å²) in [6.45, 7) is 3.75. The average molecular weight is 251 g/mol. The third-order valence-corrected chi connectivity index (χ3v) is 2.17. The minimum Gasteiger partial charge on any atom is -0.479 e. The van der Waals surface area contributed by atoms with Gasteiger partial charge in [0.2, 0.25) is 0 Å². The molecule has 0 radical (unpaired) electrons. The van der Waals surface area contributed by atoms with Crippen molar-refractivity contribution in [2.24, 2.45) is 0 Å². The van der Waals surface area contributed by atoms with Gasteiger partial charge in [-0.25, -0.2) is 4.79 Å². The molecular weight excluding hydrogens is 234 g/mol. The van der Waals surface area contributed by atoms with E-state index in [0.29, 0.717) is 18.0 Å². The number of para-hydroxylation sites is 2. The molecule has 0 aromatic heterocycles. The SMILES string of the molecule is CCNC(=O)NC(=O)C(C)Oc1ccccc1N. The first-order valence-corrected chi connectivity index (χ1v) is 5.64. The van der Waals surface area contributed by atoms with Gasteiger partial charge in [0, 0.05) is 6.54 Å². The summed E-state index contributed by atoms with van der Waals surface area (Å²) < 4.78 is 5.37. The summed E-state index contributed by atoms with van der Waals surface area (Å²) in [5.41, 5.74) is 6.12. The Bertz CT molecular complexity index is 434. The smallest absolute Gasteiger partial charge is 0.321 e. The summed E-state index contributed by atoms with van der Waals surface area (Å²) in [7, 11) is 0. The van der Waals surface area contributed by atoms with E-state index in [1.807, 2.05) is 0 Å². The van der Waals surface area contributed by atoms with E-state index in [4.69, 9.17) is 10.5 Å². The first kappa shape index (κ1) is 13.8. The van der Waals surface area contributed by atoms with Gasteiger partial charge in [0.1, 0.15) is 5.75 Å². The van der Waals surface area contributed by atoms with Crippen molar-refractivity contribution in [2.75, 3.05) is 12.3 Å². The maximum atomic E-state index is 11.6. The molecule has 1 rings (SSSR count). The standard InChI is InChI=1S/C12H17N3O3/c1-3-14-12(17)15-11(16)8(2)18-10-7-5-4-6-9(10)13/h4-8H,3,13H2,1-2H3,(H2,14,15,16,17). The molecule has 1 aromatic carbocycles. The fourth-order valence-corrected chi connectivity index (χ4v) is 1.25. The van der Waals surface area contributed by atoms with Gasteiger partial charge in [-0.3, -0.25) is 10.1 Å². The highest BCUT2D eigenvalue weighted by molar-refractivity contribution is 5.96. The first-order chi connectivity index (χ1) is 8.54. The summed E-state index contributed by atoms with van der Waals surface area (Å²) in [5, 5.41) is 4.62. The number of carbonyl (C=O) groups excluding carboxylic acids is 2. The van der Waals surface area contributed by atoms with E-state index in [-0.39, 0.29) is 0 Å². The molecule has 98 valence electrons. The van der Waals surface area contributed by atoms with Crippen LogP contribution in [0.15, 0.2) is 24.3 Å². The normalized spacial score (nSPS) is 11.4. The van der Waals surface area contributed by atoms with Gasteiger partial charge in [-0.05, 0) is 26.0 Å². The summed E-state index contributed by atoms with van der Waals surface area (Å²) in [4.78, 5) is 22.8. The molecule has 3 amide bonds. The topological polar surface area (TPSA) is 93.5 Å². The number of hydrogen-bond donors (Lipinski definition) is 3. The minimum absolute atomic E-state index is 0.413. The summed E-state index contributed by atoms with van der Waals surface area (Å²) in [6.07, 6.45) is -0.808. The third-order valence-electron chi connectivity index (χ3n) is 2.17. The lowest BCUT2D eigenvalue weighted by Crippen LogP contribution is -2.45. The molecule has 1 atom stereocenters. The van der Waals surface area contributed by atoms with Gasteiger partial charge in [0.05, 0.1) is 5.69 Å². The molecule has 6 nitrogen and oxygen atoms in total. The van der Waals surface area contributed by atoms with E-state index in [9.17, 15) is 9.59 Å². The van der Waals surface area contributed by atoms with Gasteiger partial charge in [0.25, 0.3) is 5.91 Å². The number of ether oxygens (including phenoxy) is 1. The fourth-order valence-electron chi connectivity index (χ4n) is 1.25. The number of amides is 3. The number of imide groups is 1. The quantitative estimate of drug-likeness (QED) is 0.692. The molecule has 0 saturated heterocycles. The molecule has 1 aromatic rings. The summed E-state index contributed by atoms with van der Waals surface area (Å²) in [6, 6.07) is 6.30. The van der Waals surface area contributed by atoms with Gasteiger partial charge in [-0.15, -0.1) is 0 Å². The average Bonchev–Trinajstić information content (AvgIpc) is 2.32. The third kappa shape index (κ3) is 3.97. The molecule has 18 heavy (non-hydrogen) atoms. The van der Waals surface area contributed by atoms with Gasteiger partial charge < -0.3 is 15.8 Å². The Hall–Kier alpha value is -2.24. The van der Waals surface area contributed by atoms with E-state index in [1.165, 1.54) is 0 Å². The van der Waals surface area contributed by atoms with Crippen LogP contribution in [0.4, 0.5) is 10.5 Å². The second-order valence-corrected chi connectivity index (χ2v) is 3.65. The molecule has 6 heteroatoms. The highest BCUT2D eigenvalue weighted by Crippen LogP contribution is 2.20. The van der Waals surface area contributed by atoms with Gasteiger partial charge in [-0.1, -0.05) is 12.1 Å². The van der Waals surface area contributed by atoms with Crippen LogP contribution in [0.1, 0.15) is 13.8 Å². The van der Waals surface area contributed by atoms with Crippen LogP contribution in [0.2, 0.25) is 0 Å². The molecule has 4 N–H and O–H groups in total. The monoisotopic (exact) mass is 251 g/mol. The minimum atomic E-state index is -0.808. The van der Waals surface area contributed by atoms with Crippen molar-refractivity contribution in [3.63, 3.8) is 0 Å². The number of benzene rings is 1. The number of nitrogen functional groups attached to an aromatic ring is 1. The maximum absolute atomic E-state index is 11.6. The van der Waals surface area contributed by atoms with Crippen molar-refractivity contribution in [1.82, 2.24) is 10.6 Å². The predicted molar refractivity (Wildman–Crippen MR) is 68.2 cm³/mol. The molecule has 0 fully saturated rings. The zero-order valence-corrected chi connectivity index (χ0v) is 10.4. The Labute approximate surface area is 105 Å². The Balaban J connectivity index is 2.55. The molecule has 0 heterocycles. The van der Waals surface area contributed by atoms with Crippen LogP contribution < -0.4 is 21.1 Å². The van der Waals surface area contributed by atoms with Crippen LogP contribution in [0, 0.1) is 0 Å². The van der Waals surface area contributed by atoms with Crippen molar-refractivity contribution in [3.05, 3.63) is 24.3 Å². The van der Waals surface area contributed by atoms with Crippen molar-refractivity contribution in [1.29, 1.82) is 0 Å². The van der Waals surface area contributed by atoms with E-state index in [0.717, 1.165) is 0 Å². The van der Waals surface area contributed by atoms with Crippen LogP contribution >= 0.6 is 0 Å². The lowest BCUT2D eigenvalue weighted by atomic mass is 10.3. The first-order valence-electron chi connectivity index (χ1n) is 5.64. The van der Waals surface area contributed by atoms with Crippen LogP contribution in [-0.2, 0) is 4.79 Å². The lowest BCUT2D eigenvalue weighted by Gasteiger charge is -2.15. The van der Waals surface area contributed by atoms with E-state index < -0.39 is 18.0 Å². The van der Waals surface area contributed by atoms with Crippen molar-refractivity contribution >= 4 is 17.6 Å². The Morgan fingerprint density at radius 1 is 1.39 bits per heavy atom. The highest BCUT2D eigenvalue weighted by Gasteiger charge is 2.17. The summed E-state index contributed by atoms with van der Waals surface area (Å²) in [5.74, 6) is -0.111. The highest BCUT2D eigenvalue weighted by atomic mass is 16.5. The van der Waals surface area contributed by atoms with Crippen molar-refractivity contribution in [3.8, 4) is 5.75 Å². The van der Waals surface area contributed by atoms with E-state index in [1.54, 1.807) is 38.1 Å². The lowest BCUT2D eigenvalue weighted by molar-refractivity contribution is -0.126. The molecular formula is C12H17N3O3. The molecule has 0 aliphatic carbocycles. The van der Waals surface area contributed by atoms with Crippen LogP contribution in [0.3, 0.4) is 0 Å². The number of hydrogen-bond acceptors (Lipinski definition) is 4. The number of nitrogens with two attached hydrogens (primary N) is 1. The zero-order valence-electron chi connectivity index (χ0n) is 10.4. The van der Waals surface area contributed by atoms with Gasteiger partial charge >= 0.3 is 6.03 Å². The van der Waals surface area contributed by atoms with Crippen LogP contribution in [0.25, 0.3) is 0 Å². The molecule has 0 aliphatic heterocycles. The Morgan fingerprint density at radius 2 is 2.06 bits per heavy atom. The zero-order chi connectivity index (χ0) is 13.5. The van der Waals surface area contributed by atoms with Crippen molar-refractivity contribution in [2.45, 2.75) is 20.0 Å². The second-order valence-electron chi connectivity index (χ2n) is 3.65. The van der Waals surface area contributed by atoms with E-state index in [2.05, 4.69) is 10.6 Å². The molecule has 1 unspecified atom stereocenters. The summed E-state index contributed by atoms with van der Waals surface area (Å²) >= 11 is 0. The van der Waals surface area contributed by atoms with Crippen molar-refractivity contribution < 1.29 is 14.3 Å². The van der Waals surface area contributed by atoms with E-state index >= 15 is 0 Å². The molecule has 0 spiro atoms. The number of carbonyl (C=O) groups is 2. The van der Waals surface area contributed by atoms with Gasteiger partial charge in [-0.2, -0.15) is 0 Å².